The predicted octanol–water partition coefficient (Wildman–Crippen LogP) is 7.43. The average molecular weight is 597 g/mol. The van der Waals surface area contributed by atoms with Gasteiger partial charge in [0.05, 0.1) is 22.7 Å². The Morgan fingerprint density at radius 2 is 1.36 bits per heavy atom. The maximum absolute atomic E-state index is 13.1. The van der Waals surface area contributed by atoms with Gasteiger partial charge in [0.2, 0.25) is 0 Å². The quantitative estimate of drug-likeness (QED) is 0.272. The van der Waals surface area contributed by atoms with Gasteiger partial charge in [0.25, 0.3) is 0 Å². The number of carbonyl (C=O) groups is 1. The van der Waals surface area contributed by atoms with Crippen LogP contribution < -0.4 is 0 Å². The molecule has 13 heteroatoms. The molecule has 0 N–H and O–H groups in total. The number of hydrogen-bond acceptors (Lipinski definition) is 2. The Morgan fingerprint density at radius 3 is 1.85 bits per heavy atom. The molecule has 1 aliphatic heterocycles. The van der Waals surface area contributed by atoms with Crippen LogP contribution in [0.4, 0.5) is 44.3 Å². The maximum atomic E-state index is 13.1. The zero-order valence-corrected chi connectivity index (χ0v) is 18.5. The van der Waals surface area contributed by atoms with Crippen molar-refractivity contribution in [3.63, 3.8) is 0 Å². The molecule has 0 spiro atoms. The van der Waals surface area contributed by atoms with Gasteiger partial charge in [-0.05, 0) is 71.5 Å². The van der Waals surface area contributed by atoms with E-state index in [1.165, 1.54) is 13.0 Å². The first-order chi connectivity index (χ1) is 15.0. The van der Waals surface area contributed by atoms with Gasteiger partial charge in [0, 0.05) is 15.7 Å². The van der Waals surface area contributed by atoms with E-state index in [2.05, 4.69) is 0 Å². The number of amides is 1. The number of halogens is 10. The van der Waals surface area contributed by atoms with Crippen molar-refractivity contribution in [1.29, 1.82) is 0 Å². The molecule has 1 fully saturated rings. The van der Waals surface area contributed by atoms with Gasteiger partial charge in [0.15, 0.2) is 0 Å². The largest absolute Gasteiger partial charge is 0.439 e. The number of alkyl halides is 9. The molecule has 1 unspecified atom stereocenters. The lowest BCUT2D eigenvalue weighted by Crippen LogP contribution is -2.32. The molecule has 0 radical (unpaired) electrons. The second kappa shape index (κ2) is 8.55. The Hall–Kier alpha value is -2.19. The Labute approximate surface area is 194 Å². The number of nitrogens with zero attached hydrogens (tertiary/aromatic N) is 1. The number of benzene rings is 2. The van der Waals surface area contributed by atoms with Crippen molar-refractivity contribution in [2.24, 2.45) is 0 Å². The summed E-state index contributed by atoms with van der Waals surface area (Å²) in [6, 6.07) is 2.76. The molecule has 1 aliphatic rings. The van der Waals surface area contributed by atoms with Gasteiger partial charge in [-0.15, -0.1) is 0 Å². The molecule has 0 aromatic heterocycles. The van der Waals surface area contributed by atoms with Crippen LogP contribution in [-0.2, 0) is 29.8 Å². The summed E-state index contributed by atoms with van der Waals surface area (Å²) in [5.74, 6) is 0. The maximum Gasteiger partial charge on any atom is 0.416 e. The van der Waals surface area contributed by atoms with E-state index in [1.807, 2.05) is 0 Å². The molecule has 2 aromatic carbocycles. The molecule has 3 rings (SSSR count). The second-order valence-electron chi connectivity index (χ2n) is 7.32. The highest BCUT2D eigenvalue weighted by atomic mass is 127. The van der Waals surface area contributed by atoms with Crippen molar-refractivity contribution in [3.8, 4) is 0 Å². The summed E-state index contributed by atoms with van der Waals surface area (Å²) in [7, 11) is 0. The van der Waals surface area contributed by atoms with E-state index < -0.39 is 65.6 Å². The summed E-state index contributed by atoms with van der Waals surface area (Å²) >= 11 is 1.74. The fourth-order valence-electron chi connectivity index (χ4n) is 3.38. The van der Waals surface area contributed by atoms with Gasteiger partial charge in [0.1, 0.15) is 6.10 Å². The molecular formula is C20H13F9INO2. The van der Waals surface area contributed by atoms with Gasteiger partial charge in [-0.1, -0.05) is 0 Å². The summed E-state index contributed by atoms with van der Waals surface area (Å²) < 4.78 is 123. The molecular weight excluding hydrogens is 584 g/mol. The lowest BCUT2D eigenvalue weighted by Gasteiger charge is -2.23. The van der Waals surface area contributed by atoms with Crippen LogP contribution in [-0.4, -0.2) is 17.0 Å². The van der Waals surface area contributed by atoms with Crippen LogP contribution in [0.5, 0.6) is 0 Å². The van der Waals surface area contributed by atoms with Gasteiger partial charge < -0.3 is 4.74 Å². The first kappa shape index (κ1) is 25.4. The second-order valence-corrected chi connectivity index (χ2v) is 8.48. The Bertz CT molecular complexity index is 1030. The highest BCUT2D eigenvalue weighted by molar-refractivity contribution is 14.1. The monoisotopic (exact) mass is 597 g/mol. The lowest BCUT2D eigenvalue weighted by molar-refractivity contribution is -0.143. The Morgan fingerprint density at radius 1 is 0.848 bits per heavy atom. The lowest BCUT2D eigenvalue weighted by atomic mass is 10.00. The molecule has 3 nitrogen and oxygen atoms in total. The van der Waals surface area contributed by atoms with Crippen molar-refractivity contribution in [1.82, 2.24) is 4.90 Å². The zero-order chi connectivity index (χ0) is 24.9. The smallest absolute Gasteiger partial charge is 0.416 e. The van der Waals surface area contributed by atoms with Gasteiger partial charge in [-0.3, -0.25) is 4.90 Å². The van der Waals surface area contributed by atoms with Crippen molar-refractivity contribution in [2.45, 2.75) is 44.1 Å². The van der Waals surface area contributed by atoms with E-state index in [1.54, 1.807) is 22.6 Å². The van der Waals surface area contributed by atoms with Crippen LogP contribution in [0.3, 0.4) is 0 Å². The van der Waals surface area contributed by atoms with Crippen LogP contribution in [0.1, 0.15) is 40.8 Å². The minimum Gasteiger partial charge on any atom is -0.439 e. The summed E-state index contributed by atoms with van der Waals surface area (Å²) in [6.07, 6.45) is -17.1. The van der Waals surface area contributed by atoms with Crippen LogP contribution in [0.15, 0.2) is 36.4 Å². The topological polar surface area (TPSA) is 29.5 Å². The number of rotatable bonds is 3. The minimum absolute atomic E-state index is 0.0220. The standard InChI is InChI=1S/C20H13F9INO2/c1-9-16(14-7-11(18(21,22)23)2-3-15(14)30)33-17(32)31(9)8-10-4-12(19(24,25)26)6-13(5-10)20(27,28)29/h2-7,9,16H,8H2,1H3/t9?,16-/m0/s1. The average Bonchev–Trinajstić information content (AvgIpc) is 2.94. The third-order valence-electron chi connectivity index (χ3n) is 5.02. The molecule has 1 amide bonds. The van der Waals surface area contributed by atoms with Gasteiger partial charge in [-0.25, -0.2) is 4.79 Å². The molecule has 33 heavy (non-hydrogen) atoms. The number of ether oxygens (including phenoxy) is 1. The first-order valence-corrected chi connectivity index (χ1v) is 10.2. The van der Waals surface area contributed by atoms with Crippen molar-refractivity contribution < 1.29 is 49.0 Å². The molecule has 1 heterocycles. The molecule has 0 saturated carbocycles. The Balaban J connectivity index is 1.95. The van der Waals surface area contributed by atoms with Crippen LogP contribution >= 0.6 is 22.6 Å². The SMILES string of the molecule is CC1[C@@H](c2cc(C(F)(F)F)ccc2I)OC(=O)N1Cc1cc(C(F)(F)F)cc(C(F)(F)F)c1. The van der Waals surface area contributed by atoms with Crippen LogP contribution in [0, 0.1) is 3.57 Å². The fraction of sp³-hybridized carbons (Fsp3) is 0.350. The molecule has 2 aromatic rings. The van der Waals surface area contributed by atoms with Crippen molar-refractivity contribution >= 4 is 28.7 Å². The zero-order valence-electron chi connectivity index (χ0n) is 16.4. The van der Waals surface area contributed by atoms with Crippen molar-refractivity contribution in [3.05, 3.63) is 67.8 Å². The van der Waals surface area contributed by atoms with E-state index in [4.69, 9.17) is 4.74 Å². The highest BCUT2D eigenvalue weighted by Gasteiger charge is 2.43. The van der Waals surface area contributed by atoms with E-state index in [-0.39, 0.29) is 11.6 Å². The normalized spacial score (nSPS) is 19.7. The van der Waals surface area contributed by atoms with E-state index in [0.717, 1.165) is 17.0 Å². The van der Waals surface area contributed by atoms with E-state index >= 15 is 0 Å². The van der Waals surface area contributed by atoms with Crippen LogP contribution in [0.2, 0.25) is 0 Å². The molecule has 0 aliphatic carbocycles. The number of cyclic esters (lactones) is 1. The third-order valence-corrected chi connectivity index (χ3v) is 6.00. The number of carbonyl (C=O) groups excluding carboxylic acids is 1. The fourth-order valence-corrected chi connectivity index (χ4v) is 4.02. The summed E-state index contributed by atoms with van der Waals surface area (Å²) in [5, 5.41) is 0. The summed E-state index contributed by atoms with van der Waals surface area (Å²) in [5.41, 5.74) is -4.52. The number of hydrogen-bond donors (Lipinski definition) is 0. The summed E-state index contributed by atoms with van der Waals surface area (Å²) in [4.78, 5) is 13.2. The molecule has 2 atom stereocenters. The third kappa shape index (κ3) is 5.49. The highest BCUT2D eigenvalue weighted by Crippen LogP contribution is 2.40. The summed E-state index contributed by atoms with van der Waals surface area (Å²) in [6.45, 7) is 0.712. The minimum atomic E-state index is -5.07. The first-order valence-electron chi connectivity index (χ1n) is 9.10. The van der Waals surface area contributed by atoms with Gasteiger partial charge >= 0.3 is 24.6 Å². The molecule has 1 saturated heterocycles. The van der Waals surface area contributed by atoms with E-state index in [0.29, 0.717) is 15.7 Å². The van der Waals surface area contributed by atoms with Gasteiger partial charge in [-0.2, -0.15) is 39.5 Å². The predicted molar refractivity (Wildman–Crippen MR) is 105 cm³/mol. The molecule has 0 bridgehead atoms. The van der Waals surface area contributed by atoms with Crippen molar-refractivity contribution in [2.75, 3.05) is 0 Å². The van der Waals surface area contributed by atoms with E-state index in [9.17, 15) is 44.3 Å². The van der Waals surface area contributed by atoms with Crippen LogP contribution in [0.25, 0.3) is 0 Å². The molecule has 180 valence electrons. The Kier molecular flexibility index (Phi) is 6.59.